The van der Waals surface area contributed by atoms with Crippen LogP contribution < -0.4 is 9.47 Å². The smallest absolute Gasteiger partial charge is 0.231 e. The van der Waals surface area contributed by atoms with Crippen molar-refractivity contribution in [2.45, 2.75) is 18.6 Å². The van der Waals surface area contributed by atoms with Crippen molar-refractivity contribution in [1.82, 2.24) is 14.8 Å². The van der Waals surface area contributed by atoms with Gasteiger partial charge in [0.25, 0.3) is 0 Å². The monoisotopic (exact) mass is 433 g/mol. The van der Waals surface area contributed by atoms with Gasteiger partial charge in [-0.15, -0.1) is 10.2 Å². The van der Waals surface area contributed by atoms with Gasteiger partial charge >= 0.3 is 0 Å². The van der Waals surface area contributed by atoms with Crippen LogP contribution in [0.5, 0.6) is 11.5 Å². The zero-order chi connectivity index (χ0) is 21.2. The molecule has 4 aromatic rings. The van der Waals surface area contributed by atoms with Crippen molar-refractivity contribution in [2.24, 2.45) is 0 Å². The summed E-state index contributed by atoms with van der Waals surface area (Å²) in [6.45, 7) is 2.70. The Bertz CT molecular complexity index is 1230. The van der Waals surface area contributed by atoms with Gasteiger partial charge in [-0.1, -0.05) is 36.0 Å². The average molecular weight is 433 g/mol. The molecule has 0 saturated carbocycles. The molecule has 1 aliphatic heterocycles. The van der Waals surface area contributed by atoms with Crippen molar-refractivity contribution in [3.63, 3.8) is 0 Å². The number of fused-ring (bicyclic) bond motifs is 1. The fourth-order valence-corrected chi connectivity index (χ4v) is 4.24. The number of carbonyl (C=O) groups is 1. The van der Waals surface area contributed by atoms with Crippen LogP contribution in [0, 0.1) is 6.92 Å². The van der Waals surface area contributed by atoms with Crippen molar-refractivity contribution >= 4 is 17.5 Å². The van der Waals surface area contributed by atoms with Gasteiger partial charge in [0.1, 0.15) is 5.76 Å². The first-order valence-corrected chi connectivity index (χ1v) is 10.7. The van der Waals surface area contributed by atoms with Crippen molar-refractivity contribution in [1.29, 1.82) is 0 Å². The second-order valence-corrected chi connectivity index (χ2v) is 8.01. The largest absolute Gasteiger partial charge is 0.467 e. The zero-order valence-corrected chi connectivity index (χ0v) is 17.6. The lowest BCUT2D eigenvalue weighted by Crippen LogP contribution is -2.07. The molecule has 8 heteroatoms. The van der Waals surface area contributed by atoms with Crippen molar-refractivity contribution in [2.75, 3.05) is 12.5 Å². The highest BCUT2D eigenvalue weighted by Crippen LogP contribution is 2.33. The van der Waals surface area contributed by atoms with E-state index >= 15 is 0 Å². The minimum atomic E-state index is -0.0201. The summed E-state index contributed by atoms with van der Waals surface area (Å²) in [5.74, 6) is 2.99. The van der Waals surface area contributed by atoms with Crippen LogP contribution in [-0.4, -0.2) is 33.1 Å². The minimum Gasteiger partial charge on any atom is -0.467 e. The number of benzene rings is 2. The van der Waals surface area contributed by atoms with E-state index in [1.54, 1.807) is 24.5 Å². The Morgan fingerprint density at radius 3 is 2.77 bits per heavy atom. The third-order valence-corrected chi connectivity index (χ3v) is 5.99. The van der Waals surface area contributed by atoms with Gasteiger partial charge in [-0.25, -0.2) is 0 Å². The average Bonchev–Trinajstić information content (AvgIpc) is 3.54. The number of hydrogen-bond acceptors (Lipinski definition) is 7. The Kier molecular flexibility index (Phi) is 5.21. The number of thioether (sulfide) groups is 1. The summed E-state index contributed by atoms with van der Waals surface area (Å²) in [6.07, 6.45) is 1.64. The summed E-state index contributed by atoms with van der Waals surface area (Å²) in [6, 6.07) is 17.0. The van der Waals surface area contributed by atoms with Crippen LogP contribution >= 0.6 is 11.8 Å². The maximum atomic E-state index is 12.8. The Morgan fingerprint density at radius 2 is 1.94 bits per heavy atom. The molecule has 0 amide bonds. The lowest BCUT2D eigenvalue weighted by atomic mass is 10.1. The molecule has 1 aliphatic rings. The van der Waals surface area contributed by atoms with Gasteiger partial charge in [0.15, 0.2) is 28.3 Å². The predicted molar refractivity (Wildman–Crippen MR) is 116 cm³/mol. The number of furan rings is 1. The topological polar surface area (TPSA) is 79.4 Å². The van der Waals surface area contributed by atoms with Crippen LogP contribution in [0.3, 0.4) is 0 Å². The molecule has 0 atom stereocenters. The summed E-state index contributed by atoms with van der Waals surface area (Å²) >= 11 is 1.35. The molecular weight excluding hydrogens is 414 g/mol. The van der Waals surface area contributed by atoms with Crippen LogP contribution in [0.2, 0.25) is 0 Å². The van der Waals surface area contributed by atoms with E-state index in [4.69, 9.17) is 13.9 Å². The summed E-state index contributed by atoms with van der Waals surface area (Å²) in [5, 5.41) is 9.46. The van der Waals surface area contributed by atoms with E-state index in [-0.39, 0.29) is 18.3 Å². The Balaban J connectivity index is 1.41. The fraction of sp³-hybridized carbons (Fsp3) is 0.174. The van der Waals surface area contributed by atoms with Crippen LogP contribution in [0.1, 0.15) is 21.7 Å². The molecule has 156 valence electrons. The molecular formula is C23H19N3O4S. The minimum absolute atomic E-state index is 0.0201. The van der Waals surface area contributed by atoms with Gasteiger partial charge in [-0.3, -0.25) is 9.36 Å². The Hall–Kier alpha value is -3.52. The van der Waals surface area contributed by atoms with Crippen LogP contribution in [0.4, 0.5) is 0 Å². The number of carbonyl (C=O) groups excluding carboxylic acids is 1. The van der Waals surface area contributed by atoms with Gasteiger partial charge in [0.2, 0.25) is 6.79 Å². The molecule has 2 aromatic heterocycles. The Labute approximate surface area is 183 Å². The number of aromatic nitrogens is 3. The summed E-state index contributed by atoms with van der Waals surface area (Å²) < 4.78 is 18.2. The third-order valence-electron chi connectivity index (χ3n) is 5.02. The van der Waals surface area contributed by atoms with Crippen LogP contribution in [0.25, 0.3) is 11.4 Å². The van der Waals surface area contributed by atoms with Gasteiger partial charge in [-0.2, -0.15) is 0 Å². The third kappa shape index (κ3) is 3.94. The molecule has 0 radical (unpaired) electrons. The highest BCUT2D eigenvalue weighted by Gasteiger charge is 2.20. The first-order valence-electron chi connectivity index (χ1n) is 9.76. The van der Waals surface area contributed by atoms with Gasteiger partial charge < -0.3 is 13.9 Å². The number of ether oxygens (including phenoxy) is 2. The summed E-state index contributed by atoms with van der Waals surface area (Å²) in [4.78, 5) is 12.8. The second-order valence-electron chi connectivity index (χ2n) is 7.07. The lowest BCUT2D eigenvalue weighted by Gasteiger charge is -2.10. The molecule has 0 N–H and O–H groups in total. The molecule has 31 heavy (non-hydrogen) atoms. The van der Waals surface area contributed by atoms with Crippen LogP contribution in [-0.2, 0) is 6.54 Å². The maximum Gasteiger partial charge on any atom is 0.231 e. The van der Waals surface area contributed by atoms with Gasteiger partial charge in [0, 0.05) is 11.1 Å². The van der Waals surface area contributed by atoms with E-state index < -0.39 is 0 Å². The standard InChI is InChI=1S/C23H19N3O4S/c1-15-5-2-3-7-18(15)22-24-25-23(26(22)12-17-6-4-10-28-17)31-13-19(27)16-8-9-20-21(11-16)30-14-29-20/h2-11H,12-14H2,1H3. The number of nitrogens with zero attached hydrogens (tertiary/aromatic N) is 3. The highest BCUT2D eigenvalue weighted by molar-refractivity contribution is 7.99. The second kappa shape index (κ2) is 8.31. The van der Waals surface area contributed by atoms with E-state index in [2.05, 4.69) is 10.2 Å². The number of rotatable bonds is 7. The van der Waals surface area contributed by atoms with Gasteiger partial charge in [0.05, 0.1) is 18.6 Å². The van der Waals surface area contributed by atoms with Crippen molar-refractivity contribution in [3.05, 3.63) is 77.7 Å². The van der Waals surface area contributed by atoms with Crippen molar-refractivity contribution < 1.29 is 18.7 Å². The Morgan fingerprint density at radius 1 is 1.06 bits per heavy atom. The van der Waals surface area contributed by atoms with E-state index in [9.17, 15) is 4.79 Å². The first kappa shape index (κ1) is 19.4. The molecule has 2 aromatic carbocycles. The molecule has 0 spiro atoms. The number of ketones is 1. The summed E-state index contributed by atoms with van der Waals surface area (Å²) in [7, 11) is 0. The molecule has 7 nitrogen and oxygen atoms in total. The van der Waals surface area contributed by atoms with Crippen LogP contribution in [0.15, 0.2) is 70.4 Å². The molecule has 5 rings (SSSR count). The molecule has 3 heterocycles. The highest BCUT2D eigenvalue weighted by atomic mass is 32.2. The molecule has 0 saturated heterocycles. The lowest BCUT2D eigenvalue weighted by molar-refractivity contribution is 0.102. The number of Topliss-reactive ketones (excluding diaryl/α,β-unsaturated/α-hetero) is 1. The summed E-state index contributed by atoms with van der Waals surface area (Å²) in [5.41, 5.74) is 2.67. The predicted octanol–water partition coefficient (Wildman–Crippen LogP) is 4.60. The zero-order valence-electron chi connectivity index (χ0n) is 16.8. The van der Waals surface area contributed by atoms with E-state index in [1.165, 1.54) is 11.8 Å². The van der Waals surface area contributed by atoms with E-state index in [0.717, 1.165) is 22.7 Å². The fourth-order valence-electron chi connectivity index (χ4n) is 3.40. The number of aryl methyl sites for hydroxylation is 1. The molecule has 0 bridgehead atoms. The molecule has 0 aliphatic carbocycles. The normalized spacial score (nSPS) is 12.3. The first-order chi connectivity index (χ1) is 15.2. The van der Waals surface area contributed by atoms with E-state index in [0.29, 0.717) is 28.8 Å². The quantitative estimate of drug-likeness (QED) is 0.311. The maximum absolute atomic E-state index is 12.8. The SMILES string of the molecule is Cc1ccccc1-c1nnc(SCC(=O)c2ccc3c(c2)OCO3)n1Cc1ccco1. The molecule has 0 unspecified atom stereocenters. The molecule has 0 fully saturated rings. The van der Waals surface area contributed by atoms with E-state index in [1.807, 2.05) is 47.9 Å². The van der Waals surface area contributed by atoms with Crippen molar-refractivity contribution in [3.8, 4) is 22.9 Å². The number of hydrogen-bond donors (Lipinski definition) is 0. The van der Waals surface area contributed by atoms with Gasteiger partial charge in [-0.05, 0) is 42.8 Å².